The number of anilines is 1. The molecule has 0 radical (unpaired) electrons. The number of halogens is 1. The number of hydrogen-bond donors (Lipinski definition) is 7. The molecule has 3 unspecified atom stereocenters. The average molecular weight is 539 g/mol. The number of nitrogens with zero attached hydrogens (tertiary/aromatic N) is 3. The zero-order valence-electron chi connectivity index (χ0n) is 16.2. The van der Waals surface area contributed by atoms with Crippen LogP contribution in [0.4, 0.5) is 10.3 Å². The number of aromatic nitrogens is 4. The summed E-state index contributed by atoms with van der Waals surface area (Å²) in [4.78, 5) is 57.4. The molecule has 3 rings (SSSR count). The summed E-state index contributed by atoms with van der Waals surface area (Å²) in [7, 11) is -16.9. The van der Waals surface area contributed by atoms with Crippen molar-refractivity contribution in [1.29, 1.82) is 0 Å². The highest BCUT2D eigenvalue weighted by molar-refractivity contribution is 7.66. The first kappa shape index (κ1) is 26.0. The van der Waals surface area contributed by atoms with Gasteiger partial charge in [-0.2, -0.15) is 13.6 Å². The van der Waals surface area contributed by atoms with Crippen molar-refractivity contribution in [3.8, 4) is 0 Å². The molecule has 0 aromatic carbocycles. The number of aliphatic hydroxyl groups is 1. The third kappa shape index (κ3) is 5.74. The molecule has 6 atom stereocenters. The maximum absolute atomic E-state index is 14.9. The second kappa shape index (κ2) is 8.57. The van der Waals surface area contributed by atoms with Gasteiger partial charge in [-0.1, -0.05) is 0 Å². The third-order valence-corrected chi connectivity index (χ3v) is 8.01. The second-order valence-corrected chi connectivity index (χ2v) is 11.2. The van der Waals surface area contributed by atoms with Crippen molar-refractivity contribution in [2.45, 2.75) is 31.0 Å². The van der Waals surface area contributed by atoms with E-state index in [9.17, 15) is 32.9 Å². The van der Waals surface area contributed by atoms with Crippen molar-refractivity contribution in [3.05, 3.63) is 16.7 Å². The smallest absolute Gasteiger partial charge is 0.382 e. The van der Waals surface area contributed by atoms with Gasteiger partial charge < -0.3 is 35.2 Å². The Hall–Kier alpha value is -1.59. The zero-order chi connectivity index (χ0) is 25.0. The quantitative estimate of drug-likeness (QED) is 0.199. The van der Waals surface area contributed by atoms with Gasteiger partial charge in [0.1, 0.15) is 11.7 Å². The van der Waals surface area contributed by atoms with Crippen molar-refractivity contribution in [2.24, 2.45) is 0 Å². The number of aromatic amines is 1. The van der Waals surface area contributed by atoms with Crippen molar-refractivity contribution in [2.75, 3.05) is 12.3 Å². The Morgan fingerprint density at radius 2 is 1.91 bits per heavy atom. The normalized spacial score (nSPS) is 29.7. The highest BCUT2D eigenvalue weighted by atomic mass is 31.3. The molecule has 1 aliphatic rings. The van der Waals surface area contributed by atoms with Gasteiger partial charge in [0.15, 0.2) is 23.6 Å². The van der Waals surface area contributed by atoms with Crippen LogP contribution in [0, 0.1) is 0 Å². The van der Waals surface area contributed by atoms with Crippen molar-refractivity contribution < 1.29 is 60.6 Å². The lowest BCUT2D eigenvalue weighted by Gasteiger charge is -2.26. The molecule has 2 aromatic rings. The van der Waals surface area contributed by atoms with E-state index in [1.54, 1.807) is 0 Å². The van der Waals surface area contributed by atoms with Crippen LogP contribution in [-0.4, -0.2) is 68.7 Å². The molecule has 33 heavy (non-hydrogen) atoms. The molecule has 8 N–H and O–H groups in total. The number of ether oxygens (including phenoxy) is 1. The average Bonchev–Trinajstić information content (AvgIpc) is 3.10. The van der Waals surface area contributed by atoms with Crippen LogP contribution in [0.15, 0.2) is 11.1 Å². The number of imidazole rings is 1. The van der Waals surface area contributed by atoms with E-state index in [1.807, 2.05) is 0 Å². The van der Waals surface area contributed by atoms with E-state index in [1.165, 1.54) is 0 Å². The molecule has 0 amide bonds. The monoisotopic (exact) mass is 539 g/mol. The first-order valence-corrected chi connectivity index (χ1v) is 13.0. The summed E-state index contributed by atoms with van der Waals surface area (Å²) in [5.74, 6) is -0.312. The summed E-state index contributed by atoms with van der Waals surface area (Å²) in [5.41, 5.74) is 2.02. The fraction of sp³-hybridized carbons (Fsp3) is 0.545. The fourth-order valence-electron chi connectivity index (χ4n) is 2.94. The van der Waals surface area contributed by atoms with Gasteiger partial charge >= 0.3 is 23.5 Å². The van der Waals surface area contributed by atoms with Gasteiger partial charge in [0, 0.05) is 0 Å². The van der Waals surface area contributed by atoms with E-state index in [0.717, 1.165) is 17.8 Å². The van der Waals surface area contributed by atoms with Crippen molar-refractivity contribution in [1.82, 2.24) is 19.5 Å². The topological polar surface area (TPSA) is 279 Å². The van der Waals surface area contributed by atoms with Gasteiger partial charge in [-0.3, -0.25) is 18.9 Å². The van der Waals surface area contributed by atoms with Crippen LogP contribution in [0.1, 0.15) is 13.2 Å². The molecule has 0 aliphatic carbocycles. The van der Waals surface area contributed by atoms with Crippen molar-refractivity contribution >= 4 is 40.6 Å². The van der Waals surface area contributed by atoms with Crippen LogP contribution in [0.5, 0.6) is 0 Å². The molecule has 1 aliphatic heterocycles. The van der Waals surface area contributed by atoms with Crippen LogP contribution in [0.3, 0.4) is 0 Å². The largest absolute Gasteiger partial charge is 0.490 e. The molecule has 18 nitrogen and oxygen atoms in total. The van der Waals surface area contributed by atoms with Gasteiger partial charge in [0.2, 0.25) is 5.95 Å². The van der Waals surface area contributed by atoms with Crippen LogP contribution in [0.25, 0.3) is 11.2 Å². The van der Waals surface area contributed by atoms with Gasteiger partial charge in [-0.05, 0) is 6.92 Å². The number of rotatable bonds is 8. The van der Waals surface area contributed by atoms with E-state index in [4.69, 9.17) is 25.2 Å². The van der Waals surface area contributed by atoms with E-state index in [-0.39, 0.29) is 17.1 Å². The van der Waals surface area contributed by atoms with E-state index >= 15 is 0 Å². The number of H-pyrrole nitrogens is 1. The summed E-state index contributed by atoms with van der Waals surface area (Å²) in [5, 5.41) is 10.6. The lowest BCUT2D eigenvalue weighted by molar-refractivity contribution is -0.0888. The minimum atomic E-state index is -5.78. The predicted molar refractivity (Wildman–Crippen MR) is 102 cm³/mol. The summed E-state index contributed by atoms with van der Waals surface area (Å²) in [6, 6.07) is 0. The van der Waals surface area contributed by atoms with Gasteiger partial charge in [0.25, 0.3) is 5.56 Å². The number of phosphoric acid groups is 3. The van der Waals surface area contributed by atoms with Gasteiger partial charge in [-0.15, -0.1) is 0 Å². The van der Waals surface area contributed by atoms with Crippen molar-refractivity contribution in [3.63, 3.8) is 0 Å². The maximum atomic E-state index is 14.9. The molecule has 0 saturated carbocycles. The molecule has 3 heterocycles. The van der Waals surface area contributed by atoms with Crippen LogP contribution in [-0.2, 0) is 31.6 Å². The summed E-state index contributed by atoms with van der Waals surface area (Å²) in [6.45, 7) is -0.157. The molecule has 186 valence electrons. The maximum Gasteiger partial charge on any atom is 0.490 e. The second-order valence-electron chi connectivity index (χ2n) is 6.82. The fourth-order valence-corrected chi connectivity index (χ4v) is 5.97. The molecule has 1 saturated heterocycles. The number of fused-ring (bicyclic) bond motifs is 1. The minimum absolute atomic E-state index is 0.178. The number of nitrogens with two attached hydrogens (primary N) is 1. The summed E-state index contributed by atoms with van der Waals surface area (Å²) in [6.07, 6.45) is -4.68. The highest BCUT2D eigenvalue weighted by Gasteiger charge is 2.55. The van der Waals surface area contributed by atoms with Crippen LogP contribution < -0.4 is 11.3 Å². The number of nitrogens with one attached hydrogen (secondary N) is 1. The van der Waals surface area contributed by atoms with Gasteiger partial charge in [0.05, 0.1) is 12.9 Å². The standard InChI is InChI=1S/C11H17FN5O13P3/c1-11(19)6(12)4(2-27-32(23,24)30-33(25,26)29-31(20,21)22)28-9(11)17-3-14-5-7(17)15-10(13)16-8(5)18/h3-4,6,9,19H,2H2,1H3,(H,23,24)(H,25,26)(H2,20,21,22)(H3,13,15,16,18)/t4-,6-,9-,11?/m1/s1. The first-order valence-electron chi connectivity index (χ1n) is 8.44. The molecule has 0 spiro atoms. The lowest BCUT2D eigenvalue weighted by Crippen LogP contribution is -2.41. The predicted octanol–water partition coefficient (Wildman–Crippen LogP) is -0.968. The van der Waals surface area contributed by atoms with Crippen LogP contribution in [0.2, 0.25) is 0 Å². The molecule has 22 heteroatoms. The summed E-state index contributed by atoms with van der Waals surface area (Å²) >= 11 is 0. The SMILES string of the molecule is CC1(O)[C@H](F)[C@@H](COP(=O)(O)OP(=O)(O)OP(=O)(O)O)O[C@H]1n1cnc2c(=O)[nH]c(N)nc21. The molecular weight excluding hydrogens is 522 g/mol. The van der Waals surface area contributed by atoms with E-state index in [2.05, 4.69) is 28.1 Å². The Morgan fingerprint density at radius 3 is 2.52 bits per heavy atom. The lowest BCUT2D eigenvalue weighted by atomic mass is 9.98. The number of nitrogen functional groups attached to an aromatic ring is 1. The number of phosphoric ester groups is 1. The summed E-state index contributed by atoms with van der Waals surface area (Å²) < 4.78 is 66.4. The first-order chi connectivity index (χ1) is 14.9. The Labute approximate surface area is 181 Å². The Balaban J connectivity index is 1.78. The molecular formula is C11H17FN5O13P3. The van der Waals surface area contributed by atoms with Crippen LogP contribution >= 0.6 is 23.5 Å². The number of hydrogen-bond acceptors (Lipinski definition) is 12. The Morgan fingerprint density at radius 1 is 1.27 bits per heavy atom. The Kier molecular flexibility index (Phi) is 6.76. The van der Waals surface area contributed by atoms with E-state index in [0.29, 0.717) is 0 Å². The van der Waals surface area contributed by atoms with Gasteiger partial charge in [-0.25, -0.2) is 23.1 Å². The number of alkyl halides is 1. The minimum Gasteiger partial charge on any atom is -0.382 e. The Bertz CT molecular complexity index is 1260. The molecule has 0 bridgehead atoms. The van der Waals surface area contributed by atoms with E-state index < -0.39 is 59.7 Å². The zero-order valence-corrected chi connectivity index (χ0v) is 18.8. The third-order valence-electron chi connectivity index (χ3n) is 4.21. The highest BCUT2D eigenvalue weighted by Crippen LogP contribution is 2.66. The molecule has 2 aromatic heterocycles. The molecule has 1 fully saturated rings.